The lowest BCUT2D eigenvalue weighted by molar-refractivity contribution is -0.141. The first-order valence-electron chi connectivity index (χ1n) is 12.7. The van der Waals surface area contributed by atoms with Gasteiger partial charge in [-0.15, -0.1) is 0 Å². The lowest BCUT2D eigenvalue weighted by Gasteiger charge is -2.32. The van der Waals surface area contributed by atoms with Crippen LogP contribution in [0.2, 0.25) is 10.0 Å². The summed E-state index contributed by atoms with van der Waals surface area (Å²) in [6.45, 7) is 10.9. The van der Waals surface area contributed by atoms with Gasteiger partial charge in [-0.25, -0.2) is 0 Å². The van der Waals surface area contributed by atoms with E-state index in [1.54, 1.807) is 23.1 Å². The average molecular weight is 538 g/mol. The molecule has 1 N–H and O–H groups in total. The zero-order valence-corrected chi connectivity index (χ0v) is 23.4. The van der Waals surface area contributed by atoms with Crippen LogP contribution in [0.25, 0.3) is 0 Å². The zero-order valence-electron chi connectivity index (χ0n) is 21.9. The third-order valence-corrected chi connectivity index (χ3v) is 6.72. The molecule has 0 aliphatic heterocycles. The second-order valence-electron chi connectivity index (χ2n) is 8.61. The van der Waals surface area contributed by atoms with Crippen LogP contribution in [-0.2, 0) is 22.6 Å². The highest BCUT2D eigenvalue weighted by Gasteiger charge is 2.30. The fourth-order valence-corrected chi connectivity index (χ4v) is 4.38. The summed E-state index contributed by atoms with van der Waals surface area (Å²) < 4.78 is 11.4. The number of nitrogens with one attached hydrogen (secondary N) is 1. The van der Waals surface area contributed by atoms with Crippen LogP contribution < -0.4 is 14.8 Å². The molecule has 0 aliphatic rings. The molecule has 0 radical (unpaired) electrons. The Morgan fingerprint density at radius 2 is 1.58 bits per heavy atom. The number of rotatable bonds is 14. The maximum atomic E-state index is 13.6. The number of carbonyl (C=O) groups excluding carboxylic acids is 2. The fraction of sp³-hybridized carbons (Fsp3) is 0.500. The Morgan fingerprint density at radius 1 is 0.944 bits per heavy atom. The number of carbonyl (C=O) groups is 2. The molecule has 0 aliphatic carbocycles. The normalized spacial score (nSPS) is 12.5. The van der Waals surface area contributed by atoms with Gasteiger partial charge in [-0.2, -0.15) is 0 Å². The van der Waals surface area contributed by atoms with E-state index in [4.69, 9.17) is 32.7 Å². The predicted octanol–water partition coefficient (Wildman–Crippen LogP) is 6.45. The van der Waals surface area contributed by atoms with E-state index in [1.807, 2.05) is 52.8 Å². The van der Waals surface area contributed by atoms with Gasteiger partial charge in [0.25, 0.3) is 0 Å². The molecule has 0 spiro atoms. The highest BCUT2D eigenvalue weighted by Crippen LogP contribution is 2.30. The lowest BCUT2D eigenvalue weighted by atomic mass is 10.0. The number of hydrogen-bond donors (Lipinski definition) is 1. The summed E-state index contributed by atoms with van der Waals surface area (Å²) in [7, 11) is 0. The smallest absolute Gasteiger partial charge is 0.243 e. The van der Waals surface area contributed by atoms with Crippen molar-refractivity contribution in [3.05, 3.63) is 57.6 Å². The van der Waals surface area contributed by atoms with Gasteiger partial charge in [0.2, 0.25) is 11.8 Å². The third kappa shape index (κ3) is 8.31. The summed E-state index contributed by atoms with van der Waals surface area (Å²) >= 11 is 12.8. The molecule has 0 saturated carbocycles. The van der Waals surface area contributed by atoms with Crippen LogP contribution in [0.4, 0.5) is 0 Å². The van der Waals surface area contributed by atoms with Crippen LogP contribution in [0.5, 0.6) is 11.5 Å². The summed E-state index contributed by atoms with van der Waals surface area (Å²) in [5.41, 5.74) is 1.58. The molecule has 0 aromatic heterocycles. The van der Waals surface area contributed by atoms with Crippen LogP contribution in [0.15, 0.2) is 36.4 Å². The highest BCUT2D eigenvalue weighted by atomic mass is 35.5. The first-order valence-corrected chi connectivity index (χ1v) is 13.4. The van der Waals surface area contributed by atoms with Crippen molar-refractivity contribution < 1.29 is 19.1 Å². The number of amides is 2. The van der Waals surface area contributed by atoms with E-state index in [9.17, 15) is 9.59 Å². The zero-order chi connectivity index (χ0) is 26.7. The topological polar surface area (TPSA) is 67.9 Å². The Morgan fingerprint density at radius 3 is 2.17 bits per heavy atom. The number of hydrogen-bond acceptors (Lipinski definition) is 4. The molecule has 0 heterocycles. The van der Waals surface area contributed by atoms with Crippen LogP contribution in [0.3, 0.4) is 0 Å². The fourth-order valence-electron chi connectivity index (χ4n) is 3.86. The molecule has 0 saturated heterocycles. The van der Waals surface area contributed by atoms with E-state index < -0.39 is 6.04 Å². The largest absolute Gasteiger partial charge is 0.490 e. The molecule has 0 unspecified atom stereocenters. The predicted molar refractivity (Wildman–Crippen MR) is 146 cm³/mol. The standard InChI is InChI=1S/C28H38Cl2N2O4/c1-6-19(5)31-28(34)24(7-2)32(18-21-22(29)11-10-12-23(21)30)27(33)16-14-20-13-15-25(35-8-3)26(17-20)36-9-4/h10-13,15,17,19,24H,6-9,14,16,18H2,1-5H3,(H,31,34)/t19-,24+/m1/s1. The van der Waals surface area contributed by atoms with E-state index in [2.05, 4.69) is 5.32 Å². The van der Waals surface area contributed by atoms with Crippen molar-refractivity contribution in [1.29, 1.82) is 0 Å². The Bertz CT molecular complexity index is 995. The number of nitrogens with zero attached hydrogens (tertiary/aromatic N) is 1. The van der Waals surface area contributed by atoms with Crippen molar-refractivity contribution in [3.8, 4) is 11.5 Å². The van der Waals surface area contributed by atoms with Gasteiger partial charge in [-0.1, -0.05) is 49.2 Å². The van der Waals surface area contributed by atoms with E-state index >= 15 is 0 Å². The highest BCUT2D eigenvalue weighted by molar-refractivity contribution is 6.36. The van der Waals surface area contributed by atoms with Gasteiger partial charge in [0.05, 0.1) is 13.2 Å². The van der Waals surface area contributed by atoms with Gasteiger partial charge in [-0.05, 0) is 69.9 Å². The molecule has 0 bridgehead atoms. The number of ether oxygens (including phenoxy) is 2. The number of halogens is 2. The molecule has 2 amide bonds. The van der Waals surface area contributed by atoms with Crippen LogP contribution in [-0.4, -0.2) is 42.0 Å². The minimum atomic E-state index is -0.641. The summed E-state index contributed by atoms with van der Waals surface area (Å²) in [5.74, 6) is 1.01. The Balaban J connectivity index is 2.30. The Hall–Kier alpha value is -2.44. The van der Waals surface area contributed by atoms with Crippen LogP contribution >= 0.6 is 23.2 Å². The summed E-state index contributed by atoms with van der Waals surface area (Å²) in [6.07, 6.45) is 1.97. The van der Waals surface area contributed by atoms with E-state index in [1.165, 1.54) is 0 Å². The number of benzene rings is 2. The minimum absolute atomic E-state index is 0.00763. The van der Waals surface area contributed by atoms with E-state index in [0.29, 0.717) is 53.2 Å². The van der Waals surface area contributed by atoms with E-state index in [-0.39, 0.29) is 30.8 Å². The van der Waals surface area contributed by atoms with Gasteiger partial charge in [0, 0.05) is 34.6 Å². The molecule has 198 valence electrons. The molecular weight excluding hydrogens is 499 g/mol. The van der Waals surface area contributed by atoms with Gasteiger partial charge >= 0.3 is 0 Å². The molecule has 6 nitrogen and oxygen atoms in total. The quantitative estimate of drug-likeness (QED) is 0.301. The van der Waals surface area contributed by atoms with Crippen molar-refractivity contribution in [2.24, 2.45) is 0 Å². The maximum absolute atomic E-state index is 13.6. The summed E-state index contributed by atoms with van der Waals surface area (Å²) in [4.78, 5) is 28.3. The monoisotopic (exact) mass is 536 g/mol. The van der Waals surface area contributed by atoms with Gasteiger partial charge in [0.15, 0.2) is 11.5 Å². The maximum Gasteiger partial charge on any atom is 0.243 e. The van der Waals surface area contributed by atoms with Crippen molar-refractivity contribution in [3.63, 3.8) is 0 Å². The lowest BCUT2D eigenvalue weighted by Crippen LogP contribution is -2.50. The Labute approximate surface area is 225 Å². The molecule has 36 heavy (non-hydrogen) atoms. The third-order valence-electron chi connectivity index (χ3n) is 6.01. The van der Waals surface area contributed by atoms with Crippen molar-refractivity contribution in [1.82, 2.24) is 10.2 Å². The molecule has 2 rings (SSSR count). The second-order valence-corrected chi connectivity index (χ2v) is 9.43. The molecule has 2 atom stereocenters. The SMILES string of the molecule is CCOc1ccc(CCC(=O)N(Cc2c(Cl)cccc2Cl)[C@@H](CC)C(=O)N[C@H](C)CC)cc1OCC. The van der Waals surface area contributed by atoms with E-state index in [0.717, 1.165) is 12.0 Å². The second kappa shape index (κ2) is 15.0. The molecule has 8 heteroatoms. The Kier molecular flexibility index (Phi) is 12.4. The molecule has 2 aromatic carbocycles. The summed E-state index contributed by atoms with van der Waals surface area (Å²) in [6, 6.07) is 10.3. The molecule has 2 aromatic rings. The minimum Gasteiger partial charge on any atom is -0.490 e. The first kappa shape index (κ1) is 29.8. The number of aryl methyl sites for hydroxylation is 1. The average Bonchev–Trinajstić information content (AvgIpc) is 2.85. The summed E-state index contributed by atoms with van der Waals surface area (Å²) in [5, 5.41) is 3.94. The molecule has 0 fully saturated rings. The van der Waals surface area contributed by atoms with Gasteiger partial charge in [0.1, 0.15) is 6.04 Å². The first-order chi connectivity index (χ1) is 17.2. The van der Waals surface area contributed by atoms with Crippen molar-refractivity contribution >= 4 is 35.0 Å². The van der Waals surface area contributed by atoms with Crippen LogP contribution in [0.1, 0.15) is 65.0 Å². The molecular formula is C28H38Cl2N2O4. The van der Waals surface area contributed by atoms with Gasteiger partial charge in [-0.3, -0.25) is 9.59 Å². The van der Waals surface area contributed by atoms with Crippen molar-refractivity contribution in [2.45, 2.75) is 78.9 Å². The van der Waals surface area contributed by atoms with Crippen molar-refractivity contribution in [2.75, 3.05) is 13.2 Å². The van der Waals surface area contributed by atoms with Gasteiger partial charge < -0.3 is 19.7 Å². The van der Waals surface area contributed by atoms with Crippen LogP contribution in [0, 0.1) is 0 Å².